The van der Waals surface area contributed by atoms with Crippen LogP contribution >= 0.6 is 0 Å². The van der Waals surface area contributed by atoms with Crippen LogP contribution in [0.3, 0.4) is 0 Å². The van der Waals surface area contributed by atoms with Crippen molar-refractivity contribution < 1.29 is 14.7 Å². The molecule has 0 bridgehead atoms. The largest absolute Gasteiger partial charge is 0.395 e. The third-order valence-electron chi connectivity index (χ3n) is 3.04. The van der Waals surface area contributed by atoms with E-state index in [9.17, 15) is 9.59 Å². The first kappa shape index (κ1) is 17.7. The normalized spacial score (nSPS) is 9.86. The molecule has 22 heavy (non-hydrogen) atoms. The third-order valence-corrected chi connectivity index (χ3v) is 3.04. The average molecular weight is 302 g/mol. The number of nitrogens with zero attached hydrogens (tertiary/aromatic N) is 2. The van der Waals surface area contributed by atoms with Gasteiger partial charge in [-0.1, -0.05) is 42.5 Å². The fourth-order valence-corrected chi connectivity index (χ4v) is 2.00. The highest BCUT2D eigenvalue weighted by Gasteiger charge is 2.25. The van der Waals surface area contributed by atoms with E-state index in [-0.39, 0.29) is 32.8 Å². The Hall–Kier alpha value is -2.40. The summed E-state index contributed by atoms with van der Waals surface area (Å²) in [6.07, 6.45) is 3.12. The summed E-state index contributed by atoms with van der Waals surface area (Å²) in [5.74, 6) is -1.26. The van der Waals surface area contributed by atoms with Crippen LogP contribution in [0.4, 0.5) is 0 Å². The molecule has 5 heteroatoms. The molecule has 0 saturated carbocycles. The van der Waals surface area contributed by atoms with Gasteiger partial charge in [0, 0.05) is 26.2 Å². The Balaban J connectivity index is 2.84. The van der Waals surface area contributed by atoms with Crippen LogP contribution < -0.4 is 0 Å². The zero-order valence-electron chi connectivity index (χ0n) is 12.6. The van der Waals surface area contributed by atoms with Crippen molar-refractivity contribution in [3.05, 3.63) is 61.2 Å². The zero-order chi connectivity index (χ0) is 16.4. The second kappa shape index (κ2) is 9.52. The zero-order valence-corrected chi connectivity index (χ0v) is 12.6. The number of hydrogen-bond acceptors (Lipinski definition) is 3. The maximum absolute atomic E-state index is 12.4. The molecule has 0 aliphatic carbocycles. The lowest BCUT2D eigenvalue weighted by molar-refractivity contribution is -0.151. The Morgan fingerprint density at radius 2 is 1.55 bits per heavy atom. The Kier molecular flexibility index (Phi) is 7.64. The van der Waals surface area contributed by atoms with Gasteiger partial charge in [-0.05, 0) is 5.56 Å². The highest BCUT2D eigenvalue weighted by atomic mass is 16.3. The van der Waals surface area contributed by atoms with Gasteiger partial charge >= 0.3 is 11.8 Å². The summed E-state index contributed by atoms with van der Waals surface area (Å²) < 4.78 is 0. The van der Waals surface area contributed by atoms with Gasteiger partial charge in [0.1, 0.15) is 0 Å². The van der Waals surface area contributed by atoms with Crippen LogP contribution in [-0.2, 0) is 16.1 Å². The van der Waals surface area contributed by atoms with Crippen LogP contribution in [0.15, 0.2) is 55.6 Å². The standard InChI is InChI=1S/C17H22N2O3/c1-3-10-18(11-4-2)16(21)17(22)19(12-13-20)14-15-8-6-5-7-9-15/h3-9,20H,1-2,10-14H2. The van der Waals surface area contributed by atoms with Crippen LogP contribution in [0, 0.1) is 0 Å². The number of carbonyl (C=O) groups is 2. The molecule has 118 valence electrons. The lowest BCUT2D eigenvalue weighted by Crippen LogP contribution is -2.46. The minimum Gasteiger partial charge on any atom is -0.395 e. The molecule has 1 N–H and O–H groups in total. The number of benzene rings is 1. The number of aliphatic hydroxyl groups is 1. The van der Waals surface area contributed by atoms with Crippen LogP contribution in [-0.4, -0.2) is 53.0 Å². The summed E-state index contributed by atoms with van der Waals surface area (Å²) in [4.78, 5) is 27.4. The SMILES string of the molecule is C=CCN(CC=C)C(=O)C(=O)N(CCO)Cc1ccccc1. The summed E-state index contributed by atoms with van der Waals surface area (Å²) in [5, 5.41) is 9.14. The van der Waals surface area contributed by atoms with E-state index >= 15 is 0 Å². The summed E-state index contributed by atoms with van der Waals surface area (Å²) in [7, 11) is 0. The molecule has 0 unspecified atom stereocenters. The summed E-state index contributed by atoms with van der Waals surface area (Å²) >= 11 is 0. The van der Waals surface area contributed by atoms with Crippen LogP contribution in [0.2, 0.25) is 0 Å². The highest BCUT2D eigenvalue weighted by molar-refractivity contribution is 6.34. The number of hydrogen-bond donors (Lipinski definition) is 1. The lowest BCUT2D eigenvalue weighted by Gasteiger charge is -2.25. The van der Waals surface area contributed by atoms with Crippen molar-refractivity contribution in [2.24, 2.45) is 0 Å². The van der Waals surface area contributed by atoms with Crippen LogP contribution in [0.25, 0.3) is 0 Å². The molecule has 0 spiro atoms. The van der Waals surface area contributed by atoms with Gasteiger partial charge in [-0.25, -0.2) is 0 Å². The van der Waals surface area contributed by atoms with Crippen molar-refractivity contribution in [3.8, 4) is 0 Å². The van der Waals surface area contributed by atoms with E-state index < -0.39 is 11.8 Å². The molecule has 0 aliphatic heterocycles. The van der Waals surface area contributed by atoms with Gasteiger partial charge in [-0.3, -0.25) is 9.59 Å². The number of rotatable bonds is 8. The third kappa shape index (κ3) is 5.18. The summed E-state index contributed by atoms with van der Waals surface area (Å²) in [5.41, 5.74) is 0.899. The van der Waals surface area contributed by atoms with Gasteiger partial charge < -0.3 is 14.9 Å². The maximum atomic E-state index is 12.4. The van der Waals surface area contributed by atoms with Crippen molar-refractivity contribution in [1.29, 1.82) is 0 Å². The molecule has 2 amide bonds. The van der Waals surface area contributed by atoms with E-state index in [0.717, 1.165) is 5.56 Å². The van der Waals surface area contributed by atoms with Crippen molar-refractivity contribution in [3.63, 3.8) is 0 Å². The first-order chi connectivity index (χ1) is 10.6. The second-order valence-electron chi connectivity index (χ2n) is 4.72. The average Bonchev–Trinajstić information content (AvgIpc) is 2.54. The lowest BCUT2D eigenvalue weighted by atomic mass is 10.2. The predicted octanol–water partition coefficient (Wildman–Crippen LogP) is 1.21. The fraction of sp³-hybridized carbons (Fsp3) is 0.294. The summed E-state index contributed by atoms with van der Waals surface area (Å²) in [6, 6.07) is 9.34. The Bertz CT molecular complexity index is 504. The van der Waals surface area contributed by atoms with Crippen molar-refractivity contribution in [2.75, 3.05) is 26.2 Å². The first-order valence-corrected chi connectivity index (χ1v) is 7.08. The van der Waals surface area contributed by atoms with E-state index in [4.69, 9.17) is 5.11 Å². The molecule has 0 radical (unpaired) electrons. The minimum absolute atomic E-state index is 0.107. The molecule has 0 heterocycles. The first-order valence-electron chi connectivity index (χ1n) is 7.08. The Morgan fingerprint density at radius 3 is 2.05 bits per heavy atom. The molecule has 0 aliphatic rings. The highest BCUT2D eigenvalue weighted by Crippen LogP contribution is 2.06. The van der Waals surface area contributed by atoms with Gasteiger partial charge in [0.15, 0.2) is 0 Å². The number of carbonyl (C=O) groups excluding carboxylic acids is 2. The van der Waals surface area contributed by atoms with E-state index in [1.807, 2.05) is 30.3 Å². The smallest absolute Gasteiger partial charge is 0.312 e. The van der Waals surface area contributed by atoms with Crippen molar-refractivity contribution in [2.45, 2.75) is 6.54 Å². The molecule has 0 aromatic heterocycles. The van der Waals surface area contributed by atoms with E-state index in [1.165, 1.54) is 9.80 Å². The topological polar surface area (TPSA) is 60.9 Å². The number of amides is 2. The minimum atomic E-state index is -0.637. The van der Waals surface area contributed by atoms with E-state index in [1.54, 1.807) is 12.2 Å². The van der Waals surface area contributed by atoms with Gasteiger partial charge in [0.2, 0.25) is 0 Å². The van der Waals surface area contributed by atoms with Crippen molar-refractivity contribution >= 4 is 11.8 Å². The fourth-order valence-electron chi connectivity index (χ4n) is 2.00. The molecule has 1 rings (SSSR count). The quantitative estimate of drug-likeness (QED) is 0.580. The second-order valence-corrected chi connectivity index (χ2v) is 4.72. The molecule has 1 aromatic rings. The molecule has 0 fully saturated rings. The maximum Gasteiger partial charge on any atom is 0.312 e. The monoisotopic (exact) mass is 302 g/mol. The number of aliphatic hydroxyl groups excluding tert-OH is 1. The summed E-state index contributed by atoms with van der Waals surface area (Å²) in [6.45, 7) is 7.89. The molecule has 1 aromatic carbocycles. The van der Waals surface area contributed by atoms with Gasteiger partial charge in [-0.2, -0.15) is 0 Å². The Morgan fingerprint density at radius 1 is 1.00 bits per heavy atom. The molecular weight excluding hydrogens is 280 g/mol. The molecule has 5 nitrogen and oxygen atoms in total. The molecular formula is C17H22N2O3. The van der Waals surface area contributed by atoms with Gasteiger partial charge in [-0.15, -0.1) is 13.2 Å². The van der Waals surface area contributed by atoms with Crippen LogP contribution in [0.5, 0.6) is 0 Å². The van der Waals surface area contributed by atoms with Gasteiger partial charge in [0.25, 0.3) is 0 Å². The van der Waals surface area contributed by atoms with E-state index in [2.05, 4.69) is 13.2 Å². The van der Waals surface area contributed by atoms with E-state index in [0.29, 0.717) is 0 Å². The van der Waals surface area contributed by atoms with Crippen molar-refractivity contribution in [1.82, 2.24) is 9.80 Å². The predicted molar refractivity (Wildman–Crippen MR) is 85.9 cm³/mol. The Labute approximate surface area is 131 Å². The molecule has 0 atom stereocenters. The molecule has 0 saturated heterocycles. The van der Waals surface area contributed by atoms with Crippen LogP contribution in [0.1, 0.15) is 5.56 Å². The van der Waals surface area contributed by atoms with Gasteiger partial charge in [0.05, 0.1) is 6.61 Å².